The number of hydrogen-bond acceptors (Lipinski definition) is 5. The van der Waals surface area contributed by atoms with Crippen LogP contribution in [0.4, 0.5) is 0 Å². The van der Waals surface area contributed by atoms with Crippen molar-refractivity contribution in [1.29, 1.82) is 0 Å². The molecule has 1 rings (SSSR count). The lowest BCUT2D eigenvalue weighted by Gasteiger charge is -2.25. The van der Waals surface area contributed by atoms with E-state index in [2.05, 4.69) is 11.7 Å². The van der Waals surface area contributed by atoms with E-state index in [0.717, 1.165) is 51.4 Å². The van der Waals surface area contributed by atoms with Gasteiger partial charge in [0.2, 0.25) is 0 Å². The highest BCUT2D eigenvalue weighted by atomic mass is 16.5. The largest absolute Gasteiger partial charge is 0.469 e. The third-order valence-corrected chi connectivity index (χ3v) is 6.12. The number of ketones is 1. The van der Waals surface area contributed by atoms with E-state index in [9.17, 15) is 19.8 Å². The summed E-state index contributed by atoms with van der Waals surface area (Å²) in [4.78, 5) is 23.4. The average molecular weight is 397 g/mol. The van der Waals surface area contributed by atoms with Crippen molar-refractivity contribution in [2.24, 2.45) is 11.8 Å². The summed E-state index contributed by atoms with van der Waals surface area (Å²) in [7, 11) is 1.40. The molecule has 0 aromatic carbocycles. The van der Waals surface area contributed by atoms with Gasteiger partial charge in [0.15, 0.2) is 0 Å². The number of Topliss-reactive ketones (excluding diaryl/α,β-unsaturated/α-hetero) is 1. The summed E-state index contributed by atoms with van der Waals surface area (Å²) < 4.78 is 4.63. The van der Waals surface area contributed by atoms with E-state index in [-0.39, 0.29) is 30.0 Å². The Bertz CT molecular complexity index is 501. The molecule has 1 saturated carbocycles. The molecule has 0 saturated heterocycles. The van der Waals surface area contributed by atoms with Crippen LogP contribution in [-0.4, -0.2) is 40.8 Å². The SMILES string of the molecule is CCCCC(O)(CC)C/C=C/[C@H]1[C@H](O)CC(=O)[C@@H]1CCCCCCC(=O)OC. The number of carbonyl (C=O) groups is 2. The van der Waals surface area contributed by atoms with Crippen molar-refractivity contribution >= 4 is 11.8 Å². The fraction of sp³-hybridized carbons (Fsp3) is 0.826. The minimum Gasteiger partial charge on any atom is -0.469 e. The van der Waals surface area contributed by atoms with Gasteiger partial charge in [0.25, 0.3) is 0 Å². The zero-order chi connectivity index (χ0) is 21.0. The molecule has 0 aromatic heterocycles. The standard InChI is InChI=1S/C23H40O5/c1-4-6-15-23(27,5-2)16-11-13-19-18(20(24)17-21(19)25)12-9-7-8-10-14-22(26)28-3/h11,13,18-19,21,25,27H,4-10,12,14-17H2,1-3H3/b13-11+/t18-,19-,21-,23?/m1/s1. The van der Waals surface area contributed by atoms with Crippen LogP contribution in [0.15, 0.2) is 12.2 Å². The summed E-state index contributed by atoms with van der Waals surface area (Å²) in [5, 5.41) is 21.0. The molecule has 0 aromatic rings. The maximum absolute atomic E-state index is 12.3. The van der Waals surface area contributed by atoms with Gasteiger partial charge in [0.1, 0.15) is 5.78 Å². The molecule has 1 unspecified atom stereocenters. The molecule has 1 aliphatic rings. The first-order chi connectivity index (χ1) is 13.4. The molecule has 0 bridgehead atoms. The number of rotatable bonds is 14. The second kappa shape index (κ2) is 13.1. The zero-order valence-corrected chi connectivity index (χ0v) is 18.0. The molecule has 0 amide bonds. The summed E-state index contributed by atoms with van der Waals surface area (Å²) in [6.07, 6.45) is 12.5. The second-order valence-corrected chi connectivity index (χ2v) is 8.26. The first-order valence-electron chi connectivity index (χ1n) is 11.0. The van der Waals surface area contributed by atoms with Crippen molar-refractivity contribution in [3.63, 3.8) is 0 Å². The summed E-state index contributed by atoms with van der Waals surface area (Å²) in [6.45, 7) is 4.12. The van der Waals surface area contributed by atoms with Gasteiger partial charge in [-0.1, -0.05) is 58.1 Å². The average Bonchev–Trinajstić information content (AvgIpc) is 2.95. The smallest absolute Gasteiger partial charge is 0.305 e. The van der Waals surface area contributed by atoms with Gasteiger partial charge in [-0.2, -0.15) is 0 Å². The van der Waals surface area contributed by atoms with Crippen molar-refractivity contribution < 1.29 is 24.5 Å². The molecule has 0 aliphatic heterocycles. The second-order valence-electron chi connectivity index (χ2n) is 8.26. The summed E-state index contributed by atoms with van der Waals surface area (Å²) in [5.74, 6) is -0.300. The van der Waals surface area contributed by atoms with Crippen LogP contribution in [-0.2, 0) is 14.3 Å². The molecule has 1 aliphatic carbocycles. The highest BCUT2D eigenvalue weighted by Crippen LogP contribution is 2.35. The molecule has 2 N–H and O–H groups in total. The topological polar surface area (TPSA) is 83.8 Å². The van der Waals surface area contributed by atoms with Crippen LogP contribution < -0.4 is 0 Å². The molecule has 5 nitrogen and oxygen atoms in total. The fourth-order valence-corrected chi connectivity index (χ4v) is 4.05. The lowest BCUT2D eigenvalue weighted by molar-refractivity contribution is -0.140. The first kappa shape index (κ1) is 24.8. The highest BCUT2D eigenvalue weighted by Gasteiger charge is 2.39. The van der Waals surface area contributed by atoms with Crippen LogP contribution in [0.25, 0.3) is 0 Å². The minimum absolute atomic E-state index is 0.128. The molecule has 0 radical (unpaired) electrons. The van der Waals surface area contributed by atoms with Gasteiger partial charge in [0.05, 0.1) is 18.8 Å². The van der Waals surface area contributed by atoms with E-state index < -0.39 is 11.7 Å². The molecule has 162 valence electrons. The first-order valence-corrected chi connectivity index (χ1v) is 11.0. The molecule has 0 spiro atoms. The maximum Gasteiger partial charge on any atom is 0.305 e. The van der Waals surface area contributed by atoms with Gasteiger partial charge >= 0.3 is 5.97 Å². The lowest BCUT2D eigenvalue weighted by atomic mass is 9.86. The van der Waals surface area contributed by atoms with E-state index in [1.165, 1.54) is 7.11 Å². The van der Waals surface area contributed by atoms with E-state index in [1.54, 1.807) is 0 Å². The number of aliphatic hydroxyl groups is 2. The van der Waals surface area contributed by atoms with Crippen LogP contribution in [0.2, 0.25) is 0 Å². The molecule has 28 heavy (non-hydrogen) atoms. The van der Waals surface area contributed by atoms with Crippen LogP contribution in [0, 0.1) is 11.8 Å². The van der Waals surface area contributed by atoms with Crippen LogP contribution in [0.5, 0.6) is 0 Å². The normalized spacial score (nSPS) is 24.6. The van der Waals surface area contributed by atoms with Crippen molar-refractivity contribution in [1.82, 2.24) is 0 Å². The van der Waals surface area contributed by atoms with Gasteiger partial charge in [0, 0.05) is 24.7 Å². The summed E-state index contributed by atoms with van der Waals surface area (Å²) in [5.41, 5.74) is -0.685. The van der Waals surface area contributed by atoms with Crippen molar-refractivity contribution in [3.8, 4) is 0 Å². The fourth-order valence-electron chi connectivity index (χ4n) is 4.05. The molecule has 5 heteroatoms. The van der Waals surface area contributed by atoms with Gasteiger partial charge in [-0.3, -0.25) is 9.59 Å². The molecule has 0 heterocycles. The third kappa shape index (κ3) is 8.44. The predicted molar refractivity (Wildman–Crippen MR) is 111 cm³/mol. The van der Waals surface area contributed by atoms with E-state index in [1.807, 2.05) is 19.1 Å². The maximum atomic E-state index is 12.3. The molecular formula is C23H40O5. The van der Waals surface area contributed by atoms with Gasteiger partial charge in [-0.25, -0.2) is 0 Å². The third-order valence-electron chi connectivity index (χ3n) is 6.12. The Hall–Kier alpha value is -1.20. The predicted octanol–water partition coefficient (Wildman–Crippen LogP) is 4.34. The number of carbonyl (C=O) groups excluding carboxylic acids is 2. The quantitative estimate of drug-likeness (QED) is 0.259. The van der Waals surface area contributed by atoms with Crippen LogP contribution in [0.1, 0.15) is 90.9 Å². The number of hydrogen-bond donors (Lipinski definition) is 2. The van der Waals surface area contributed by atoms with Crippen molar-refractivity contribution in [2.45, 2.75) is 103 Å². The number of esters is 1. The Balaban J connectivity index is 2.47. The summed E-state index contributed by atoms with van der Waals surface area (Å²) in [6, 6.07) is 0. The molecule has 4 atom stereocenters. The number of ether oxygens (including phenoxy) is 1. The minimum atomic E-state index is -0.685. The Morgan fingerprint density at radius 2 is 1.93 bits per heavy atom. The monoisotopic (exact) mass is 396 g/mol. The Kier molecular flexibility index (Phi) is 11.6. The Morgan fingerprint density at radius 1 is 1.21 bits per heavy atom. The van der Waals surface area contributed by atoms with Gasteiger partial charge < -0.3 is 14.9 Å². The number of methoxy groups -OCH3 is 1. The number of unbranched alkanes of at least 4 members (excludes halogenated alkanes) is 4. The zero-order valence-electron chi connectivity index (χ0n) is 18.0. The highest BCUT2D eigenvalue weighted by molar-refractivity contribution is 5.84. The van der Waals surface area contributed by atoms with Crippen molar-refractivity contribution in [3.05, 3.63) is 12.2 Å². The Labute approximate surface area is 170 Å². The van der Waals surface area contributed by atoms with E-state index in [4.69, 9.17) is 0 Å². The van der Waals surface area contributed by atoms with Crippen LogP contribution >= 0.6 is 0 Å². The van der Waals surface area contributed by atoms with Gasteiger partial charge in [-0.05, 0) is 32.1 Å². The van der Waals surface area contributed by atoms with E-state index in [0.29, 0.717) is 19.3 Å². The molecular weight excluding hydrogens is 356 g/mol. The Morgan fingerprint density at radius 3 is 2.57 bits per heavy atom. The lowest BCUT2D eigenvalue weighted by Crippen LogP contribution is -2.27. The van der Waals surface area contributed by atoms with Gasteiger partial charge in [-0.15, -0.1) is 0 Å². The molecule has 1 fully saturated rings. The van der Waals surface area contributed by atoms with Crippen molar-refractivity contribution in [2.75, 3.05) is 7.11 Å². The number of aliphatic hydroxyl groups excluding tert-OH is 1. The van der Waals surface area contributed by atoms with E-state index >= 15 is 0 Å². The van der Waals surface area contributed by atoms with Crippen LogP contribution in [0.3, 0.4) is 0 Å². The summed E-state index contributed by atoms with van der Waals surface area (Å²) >= 11 is 0.